The summed E-state index contributed by atoms with van der Waals surface area (Å²) >= 11 is 6.48. The number of halogens is 2. The number of aliphatic imine (C=N–C) groups is 1. The van der Waals surface area contributed by atoms with E-state index in [2.05, 4.69) is 32.8 Å². The van der Waals surface area contributed by atoms with E-state index >= 15 is 0 Å². The van der Waals surface area contributed by atoms with Gasteiger partial charge < -0.3 is 30.5 Å². The summed E-state index contributed by atoms with van der Waals surface area (Å²) in [4.78, 5) is 62.6. The maximum absolute atomic E-state index is 14.1. The summed E-state index contributed by atoms with van der Waals surface area (Å²) < 4.78 is 19.4. The molecule has 3 amide bonds. The van der Waals surface area contributed by atoms with Crippen molar-refractivity contribution in [3.63, 3.8) is 0 Å². The lowest BCUT2D eigenvalue weighted by atomic mass is 9.83. The number of Topliss-reactive ketones (excluding diaryl/α,β-unsaturated/α-hetero) is 1. The number of ketones is 1. The van der Waals surface area contributed by atoms with E-state index in [4.69, 9.17) is 21.3 Å². The molecule has 11 nitrogen and oxygen atoms in total. The van der Waals surface area contributed by atoms with Gasteiger partial charge in [-0.25, -0.2) is 14.2 Å². The van der Waals surface area contributed by atoms with Crippen LogP contribution >= 0.6 is 11.6 Å². The zero-order valence-corrected chi connectivity index (χ0v) is 32.5. The van der Waals surface area contributed by atoms with Crippen molar-refractivity contribution in [2.45, 2.75) is 60.5 Å². The minimum absolute atomic E-state index is 0.0852. The second-order valence-corrected chi connectivity index (χ2v) is 15.0. The summed E-state index contributed by atoms with van der Waals surface area (Å²) in [6.45, 7) is 16.2. The van der Waals surface area contributed by atoms with E-state index in [1.165, 1.54) is 30.3 Å². The second kappa shape index (κ2) is 17.8. The third kappa shape index (κ3) is 11.3. The average molecular weight is 749 g/mol. The summed E-state index contributed by atoms with van der Waals surface area (Å²) in [5.41, 5.74) is 1.75. The molecule has 2 atom stereocenters. The Labute approximate surface area is 316 Å². The molecule has 53 heavy (non-hydrogen) atoms. The number of hydrogen-bond donors (Lipinski definition) is 3. The van der Waals surface area contributed by atoms with Gasteiger partial charge in [-0.15, -0.1) is 0 Å². The number of ether oxygens (including phenoxy) is 1. The van der Waals surface area contributed by atoms with Crippen molar-refractivity contribution in [2.75, 3.05) is 45.1 Å². The van der Waals surface area contributed by atoms with E-state index < -0.39 is 41.2 Å². The van der Waals surface area contributed by atoms with Crippen molar-refractivity contribution in [3.05, 3.63) is 99.1 Å². The van der Waals surface area contributed by atoms with Gasteiger partial charge in [0.2, 0.25) is 0 Å². The molecule has 13 heteroatoms. The topological polar surface area (TPSA) is 132 Å². The number of hydrogen-bond acceptors (Lipinski definition) is 8. The largest absolute Gasteiger partial charge is 0.444 e. The molecule has 3 N–H and O–H groups in total. The Morgan fingerprint density at radius 1 is 1.09 bits per heavy atom. The van der Waals surface area contributed by atoms with E-state index in [1.807, 2.05) is 13.8 Å². The van der Waals surface area contributed by atoms with E-state index in [1.54, 1.807) is 58.9 Å². The number of likely N-dealkylation sites (N-methyl/N-ethyl adjacent to an activating group) is 1. The highest BCUT2D eigenvalue weighted by molar-refractivity contribution is 6.35. The van der Waals surface area contributed by atoms with Crippen LogP contribution in [-0.2, 0) is 20.7 Å². The predicted octanol–water partition coefficient (Wildman–Crippen LogP) is 6.52. The van der Waals surface area contributed by atoms with Crippen LogP contribution in [0.2, 0.25) is 5.02 Å². The minimum Gasteiger partial charge on any atom is -0.444 e. The first-order valence-corrected chi connectivity index (χ1v) is 18.1. The maximum Gasteiger partial charge on any atom is 0.407 e. The molecule has 0 spiro atoms. The molecule has 1 saturated heterocycles. The Bertz CT molecular complexity index is 1850. The van der Waals surface area contributed by atoms with Crippen LogP contribution in [-0.4, -0.2) is 84.7 Å². The van der Waals surface area contributed by atoms with Gasteiger partial charge in [-0.3, -0.25) is 14.4 Å². The number of nitrogens with one attached hydrogen (secondary N) is 3. The number of carbonyl (C=O) groups is 4. The highest BCUT2D eigenvalue weighted by Gasteiger charge is 2.30. The number of amidine groups is 1. The van der Waals surface area contributed by atoms with Crippen LogP contribution in [0, 0.1) is 17.7 Å². The summed E-state index contributed by atoms with van der Waals surface area (Å²) in [5, 5.41) is 8.39. The van der Waals surface area contributed by atoms with Gasteiger partial charge in [0.15, 0.2) is 5.78 Å². The van der Waals surface area contributed by atoms with Crippen LogP contribution in [0.25, 0.3) is 0 Å². The molecule has 2 aliphatic rings. The van der Waals surface area contributed by atoms with Gasteiger partial charge in [0.1, 0.15) is 28.6 Å². The first-order valence-electron chi connectivity index (χ1n) is 17.7. The van der Waals surface area contributed by atoms with Gasteiger partial charge in [-0.1, -0.05) is 36.7 Å². The van der Waals surface area contributed by atoms with Crippen molar-refractivity contribution in [1.29, 1.82) is 0 Å². The Balaban J connectivity index is 1.54. The fourth-order valence-corrected chi connectivity index (χ4v) is 6.17. The molecule has 2 aromatic rings. The van der Waals surface area contributed by atoms with Gasteiger partial charge in [0.05, 0.1) is 10.7 Å². The molecule has 0 aliphatic carbocycles. The zero-order valence-electron chi connectivity index (χ0n) is 31.7. The highest BCUT2D eigenvalue weighted by Crippen LogP contribution is 2.29. The van der Waals surface area contributed by atoms with Crippen LogP contribution in [0.3, 0.4) is 0 Å². The summed E-state index contributed by atoms with van der Waals surface area (Å²) in [6, 6.07) is 10.6. The number of nitrogens with zero attached hydrogens (tertiary/aromatic N) is 3. The predicted molar refractivity (Wildman–Crippen MR) is 206 cm³/mol. The Kier molecular flexibility index (Phi) is 13.8. The molecule has 2 heterocycles. The number of rotatable bonds is 11. The van der Waals surface area contributed by atoms with Crippen LogP contribution < -0.4 is 16.0 Å². The summed E-state index contributed by atoms with van der Waals surface area (Å²) in [6.07, 6.45) is 2.92. The Morgan fingerprint density at radius 2 is 1.79 bits per heavy atom. The molecule has 2 unspecified atom stereocenters. The van der Waals surface area contributed by atoms with Crippen LogP contribution in [0.4, 0.5) is 14.9 Å². The average Bonchev–Trinajstić information content (AvgIpc) is 3.09. The van der Waals surface area contributed by atoms with Crippen molar-refractivity contribution >= 4 is 46.8 Å². The Hall–Kier alpha value is -4.81. The molecule has 284 valence electrons. The monoisotopic (exact) mass is 748 g/mol. The molecule has 4 rings (SSSR count). The molecular weight excluding hydrogens is 699 g/mol. The lowest BCUT2D eigenvalue weighted by Crippen LogP contribution is -2.45. The molecule has 2 aliphatic heterocycles. The lowest BCUT2D eigenvalue weighted by molar-refractivity contribution is -0.120. The molecule has 0 radical (unpaired) electrons. The molecule has 0 aromatic heterocycles. The first kappa shape index (κ1) is 41.0. The van der Waals surface area contributed by atoms with Gasteiger partial charge in [0.25, 0.3) is 11.8 Å². The van der Waals surface area contributed by atoms with Crippen molar-refractivity contribution in [3.8, 4) is 0 Å². The molecule has 1 fully saturated rings. The highest BCUT2D eigenvalue weighted by atomic mass is 35.5. The molecule has 2 aromatic carbocycles. The van der Waals surface area contributed by atoms with Gasteiger partial charge in [-0.05, 0) is 108 Å². The van der Waals surface area contributed by atoms with E-state index in [9.17, 15) is 23.6 Å². The Morgan fingerprint density at radius 3 is 2.42 bits per heavy atom. The minimum atomic E-state index is -0.716. The number of piperazine rings is 1. The SMILES string of the molecule is C/C=C1/C=C(C(=O)Nc2cc(C(=O)C(C)C(CNC(=O)OC(C)(C)C)Cc3cccc(F)c3)ccc2Cl)C(=O)N/C1=N/C(=C(C)C)N1CCN(C)CC1. The quantitative estimate of drug-likeness (QED) is 0.176. The third-order valence-electron chi connectivity index (χ3n) is 8.99. The molecule has 0 bridgehead atoms. The third-order valence-corrected chi connectivity index (χ3v) is 9.32. The van der Waals surface area contributed by atoms with Gasteiger partial charge in [-0.2, -0.15) is 0 Å². The number of allylic oxidation sites excluding steroid dienone is 2. The fraction of sp³-hybridized carbons (Fsp3) is 0.425. The second-order valence-electron chi connectivity index (χ2n) is 14.6. The van der Waals surface area contributed by atoms with Crippen LogP contribution in [0.5, 0.6) is 0 Å². The standard InChI is InChI=1S/C40H50ClFN6O5/c1-9-27-21-31(38(51)46-35(27)45-36(24(2)3)48-17-15-47(8)16-18-48)37(50)44-33-22-28(13-14-32(33)41)34(49)25(4)29(19-26-11-10-12-30(42)20-26)23-43-39(52)53-40(5,6)7/h9-14,20-22,25,29H,15-19,23H2,1-8H3,(H,43,52)(H,44,50)(H,45,46,51)/b27-9-. The summed E-state index contributed by atoms with van der Waals surface area (Å²) in [7, 11) is 2.07. The van der Waals surface area contributed by atoms with Crippen LogP contribution in [0.15, 0.2) is 82.1 Å². The van der Waals surface area contributed by atoms with E-state index in [-0.39, 0.29) is 34.2 Å². The first-order chi connectivity index (χ1) is 24.9. The van der Waals surface area contributed by atoms with Gasteiger partial charge in [0, 0.05) is 49.8 Å². The van der Waals surface area contributed by atoms with Crippen molar-refractivity contribution in [1.82, 2.24) is 20.4 Å². The van der Waals surface area contributed by atoms with E-state index in [0.29, 0.717) is 23.4 Å². The molecule has 0 saturated carbocycles. The number of amides is 3. The fourth-order valence-electron chi connectivity index (χ4n) is 6.00. The number of anilines is 1. The van der Waals surface area contributed by atoms with Crippen molar-refractivity contribution < 1.29 is 28.3 Å². The number of benzene rings is 2. The lowest BCUT2D eigenvalue weighted by Gasteiger charge is -2.35. The summed E-state index contributed by atoms with van der Waals surface area (Å²) in [5.74, 6) is -2.02. The van der Waals surface area contributed by atoms with Gasteiger partial charge >= 0.3 is 6.09 Å². The maximum atomic E-state index is 14.1. The van der Waals surface area contributed by atoms with E-state index in [0.717, 1.165) is 37.6 Å². The number of carbonyl (C=O) groups excluding carboxylic acids is 4. The van der Waals surface area contributed by atoms with Crippen molar-refractivity contribution in [2.24, 2.45) is 16.8 Å². The molecular formula is C40H50ClFN6O5. The zero-order chi connectivity index (χ0) is 39.0. The smallest absolute Gasteiger partial charge is 0.407 e. The van der Waals surface area contributed by atoms with Crippen LogP contribution in [0.1, 0.15) is 64.4 Å². The number of alkyl carbamates (subject to hydrolysis) is 1. The normalized spacial score (nSPS) is 17.8.